The third kappa shape index (κ3) is 2.43. The number of hydrogen-bond donors (Lipinski definition) is 0. The van der Waals surface area contributed by atoms with Gasteiger partial charge in [-0.1, -0.05) is 6.08 Å². The van der Waals surface area contributed by atoms with Crippen LogP contribution in [0.1, 0.15) is 27.7 Å². The zero-order valence-corrected chi connectivity index (χ0v) is 16.4. The van der Waals surface area contributed by atoms with Crippen molar-refractivity contribution in [3.05, 3.63) is 22.8 Å². The summed E-state index contributed by atoms with van der Waals surface area (Å²) < 4.78 is 20.5. The molecule has 0 unspecified atom stereocenters. The van der Waals surface area contributed by atoms with Crippen molar-refractivity contribution >= 4 is 23.9 Å². The molecule has 4 atom stereocenters. The fourth-order valence-electron chi connectivity index (χ4n) is 4.64. The molecule has 3 aliphatic carbocycles. The maximum Gasteiger partial charge on any atom is 0.334 e. The number of esters is 4. The van der Waals surface area contributed by atoms with Gasteiger partial charge in [0.2, 0.25) is 0 Å². The molecule has 0 aromatic rings. The first kappa shape index (κ1) is 20.1. The number of allylic oxidation sites excluding steroid dienone is 1. The molecule has 0 aliphatic heterocycles. The molecule has 0 saturated heterocycles. The Balaban J connectivity index is 2.04. The van der Waals surface area contributed by atoms with Crippen LogP contribution in [0.15, 0.2) is 22.8 Å². The second kappa shape index (κ2) is 7.41. The molecule has 0 heterocycles. The van der Waals surface area contributed by atoms with Crippen LogP contribution in [-0.2, 0) is 38.1 Å². The molecule has 28 heavy (non-hydrogen) atoms. The van der Waals surface area contributed by atoms with E-state index in [2.05, 4.69) is 0 Å². The van der Waals surface area contributed by atoms with E-state index < -0.39 is 41.1 Å². The van der Waals surface area contributed by atoms with E-state index in [0.29, 0.717) is 0 Å². The van der Waals surface area contributed by atoms with Crippen LogP contribution in [0.4, 0.5) is 0 Å². The first-order valence-corrected chi connectivity index (χ1v) is 9.56. The van der Waals surface area contributed by atoms with Crippen LogP contribution in [0.25, 0.3) is 0 Å². The van der Waals surface area contributed by atoms with E-state index in [1.807, 2.05) is 0 Å². The monoisotopic (exact) mass is 392 g/mol. The second-order valence-corrected chi connectivity index (χ2v) is 6.69. The molecule has 0 radical (unpaired) electrons. The highest BCUT2D eigenvalue weighted by Gasteiger charge is 2.81. The third-order valence-electron chi connectivity index (χ3n) is 5.59. The zero-order valence-electron chi connectivity index (χ0n) is 16.4. The topological polar surface area (TPSA) is 105 Å². The maximum absolute atomic E-state index is 12.9. The van der Waals surface area contributed by atoms with Gasteiger partial charge in [0, 0.05) is 17.8 Å². The van der Waals surface area contributed by atoms with Gasteiger partial charge in [-0.25, -0.2) is 14.4 Å². The van der Waals surface area contributed by atoms with Crippen molar-refractivity contribution in [1.29, 1.82) is 0 Å². The molecule has 0 bridgehead atoms. The van der Waals surface area contributed by atoms with Gasteiger partial charge in [-0.05, 0) is 27.7 Å². The van der Waals surface area contributed by atoms with Crippen molar-refractivity contribution in [3.8, 4) is 0 Å². The molecule has 3 rings (SSSR count). The van der Waals surface area contributed by atoms with Crippen LogP contribution in [0, 0.1) is 23.2 Å². The molecular weight excluding hydrogens is 368 g/mol. The lowest BCUT2D eigenvalue weighted by atomic mass is 9.31. The Hall–Kier alpha value is -2.64. The standard InChI is InChI=1S/C20H24O8/c1-5-25-16(21)11-9-10-12-13(17(22)26-6-2)14(18(23)27-7-3)15(12)20(10,11)19(24)28-8-4/h9-10,12,15H,5-8H2,1-4H3/t10-,12-,15-,20-/m0/s1. The number of carbonyl (C=O) groups is 4. The van der Waals surface area contributed by atoms with Gasteiger partial charge in [-0.15, -0.1) is 0 Å². The summed E-state index contributed by atoms with van der Waals surface area (Å²) in [6, 6.07) is 0. The summed E-state index contributed by atoms with van der Waals surface area (Å²) in [5.74, 6) is -3.91. The van der Waals surface area contributed by atoms with Gasteiger partial charge in [0.05, 0.1) is 43.1 Å². The molecular formula is C20H24O8. The fourth-order valence-corrected chi connectivity index (χ4v) is 4.64. The predicted molar refractivity (Wildman–Crippen MR) is 94.5 cm³/mol. The second-order valence-electron chi connectivity index (χ2n) is 6.69. The minimum absolute atomic E-state index is 0.101. The Kier molecular flexibility index (Phi) is 5.32. The number of rotatable bonds is 8. The van der Waals surface area contributed by atoms with Crippen molar-refractivity contribution in [1.82, 2.24) is 0 Å². The lowest BCUT2D eigenvalue weighted by molar-refractivity contribution is -0.190. The highest BCUT2D eigenvalue weighted by Crippen LogP contribution is 2.76. The van der Waals surface area contributed by atoms with Gasteiger partial charge >= 0.3 is 23.9 Å². The van der Waals surface area contributed by atoms with Crippen molar-refractivity contribution in [2.75, 3.05) is 26.4 Å². The molecule has 152 valence electrons. The van der Waals surface area contributed by atoms with E-state index in [1.54, 1.807) is 33.8 Å². The Bertz CT molecular complexity index is 792. The van der Waals surface area contributed by atoms with Crippen molar-refractivity contribution in [3.63, 3.8) is 0 Å². The summed E-state index contributed by atoms with van der Waals surface area (Å²) in [5, 5.41) is 0. The highest BCUT2D eigenvalue weighted by atomic mass is 16.5. The van der Waals surface area contributed by atoms with Crippen LogP contribution >= 0.6 is 0 Å². The highest BCUT2D eigenvalue weighted by molar-refractivity contribution is 6.11. The predicted octanol–water partition coefficient (Wildman–Crippen LogP) is 1.34. The van der Waals surface area contributed by atoms with Crippen LogP contribution in [0.5, 0.6) is 0 Å². The Morgan fingerprint density at radius 3 is 1.82 bits per heavy atom. The first-order chi connectivity index (χ1) is 13.4. The van der Waals surface area contributed by atoms with Crippen LogP contribution < -0.4 is 0 Å². The smallest absolute Gasteiger partial charge is 0.334 e. The van der Waals surface area contributed by atoms with Crippen molar-refractivity contribution in [2.45, 2.75) is 27.7 Å². The number of ether oxygens (including phenoxy) is 4. The SMILES string of the molecule is CCOC(=O)C1=C[C@H]2[C@H]3C(C(=O)OCC)=C(C(=O)OCC)[C@H]3[C@@]12C(=O)OCC. The van der Waals surface area contributed by atoms with E-state index in [1.165, 1.54) is 0 Å². The van der Waals surface area contributed by atoms with Gasteiger partial charge < -0.3 is 18.9 Å². The minimum atomic E-state index is -1.30. The molecule has 0 aromatic heterocycles. The van der Waals surface area contributed by atoms with Crippen LogP contribution in [0.2, 0.25) is 0 Å². The fraction of sp³-hybridized carbons (Fsp3) is 0.600. The van der Waals surface area contributed by atoms with Crippen LogP contribution in [-0.4, -0.2) is 50.3 Å². The zero-order chi connectivity index (χ0) is 20.6. The van der Waals surface area contributed by atoms with Gasteiger partial charge in [0.15, 0.2) is 0 Å². The van der Waals surface area contributed by atoms with E-state index in [-0.39, 0.29) is 49.1 Å². The minimum Gasteiger partial charge on any atom is -0.465 e. The average Bonchev–Trinajstić information content (AvgIpc) is 2.61. The molecule has 0 aromatic carbocycles. The Labute approximate surface area is 162 Å². The molecule has 1 fully saturated rings. The third-order valence-corrected chi connectivity index (χ3v) is 5.59. The van der Waals surface area contributed by atoms with Gasteiger partial charge in [0.1, 0.15) is 5.41 Å². The molecule has 3 aliphatic rings. The number of hydrogen-bond acceptors (Lipinski definition) is 8. The lowest BCUT2D eigenvalue weighted by Gasteiger charge is -2.68. The molecule has 8 nitrogen and oxygen atoms in total. The molecule has 8 heteroatoms. The van der Waals surface area contributed by atoms with E-state index in [9.17, 15) is 19.2 Å². The quantitative estimate of drug-likeness (QED) is 0.450. The molecule has 0 spiro atoms. The molecule has 0 amide bonds. The van der Waals surface area contributed by atoms with E-state index in [0.717, 1.165) is 0 Å². The Morgan fingerprint density at radius 2 is 1.29 bits per heavy atom. The summed E-state index contributed by atoms with van der Waals surface area (Å²) in [6.45, 7) is 7.22. The summed E-state index contributed by atoms with van der Waals surface area (Å²) in [6.07, 6.45) is 1.64. The Morgan fingerprint density at radius 1 is 0.786 bits per heavy atom. The molecule has 0 N–H and O–H groups in total. The van der Waals surface area contributed by atoms with Gasteiger partial charge in [-0.3, -0.25) is 4.79 Å². The van der Waals surface area contributed by atoms with Crippen molar-refractivity contribution < 1.29 is 38.1 Å². The van der Waals surface area contributed by atoms with Crippen molar-refractivity contribution in [2.24, 2.45) is 23.2 Å². The largest absolute Gasteiger partial charge is 0.465 e. The summed E-state index contributed by atoms with van der Waals surface area (Å²) in [5.41, 5.74) is -0.784. The summed E-state index contributed by atoms with van der Waals surface area (Å²) in [7, 11) is 0. The van der Waals surface area contributed by atoms with Crippen LogP contribution in [0.3, 0.4) is 0 Å². The first-order valence-electron chi connectivity index (χ1n) is 9.56. The van der Waals surface area contributed by atoms with E-state index >= 15 is 0 Å². The van der Waals surface area contributed by atoms with E-state index in [4.69, 9.17) is 18.9 Å². The number of carbonyl (C=O) groups excluding carboxylic acids is 4. The normalized spacial score (nSPS) is 29.0. The summed E-state index contributed by atoms with van der Waals surface area (Å²) >= 11 is 0. The average molecular weight is 392 g/mol. The lowest BCUT2D eigenvalue weighted by Crippen LogP contribution is -2.73. The number of fused-ring (bicyclic) bond motifs is 4. The summed E-state index contributed by atoms with van der Waals surface area (Å²) in [4.78, 5) is 50.3. The maximum atomic E-state index is 12.9. The molecule has 1 saturated carbocycles. The van der Waals surface area contributed by atoms with Gasteiger partial charge in [0.25, 0.3) is 0 Å². The van der Waals surface area contributed by atoms with Gasteiger partial charge in [-0.2, -0.15) is 0 Å².